The molecule has 4 rings (SSSR count). The van der Waals surface area contributed by atoms with Crippen molar-refractivity contribution in [3.63, 3.8) is 0 Å². The van der Waals surface area contributed by atoms with Gasteiger partial charge in [0.1, 0.15) is 5.82 Å². The molecule has 0 radical (unpaired) electrons. The van der Waals surface area contributed by atoms with Gasteiger partial charge < -0.3 is 5.32 Å². The number of nitro groups is 1. The van der Waals surface area contributed by atoms with Crippen molar-refractivity contribution in [1.82, 2.24) is 20.1 Å². The molecule has 0 bridgehead atoms. The van der Waals surface area contributed by atoms with E-state index in [2.05, 4.69) is 15.5 Å². The fourth-order valence-corrected chi connectivity index (χ4v) is 4.47. The first-order chi connectivity index (χ1) is 16.8. The molecule has 0 saturated carbocycles. The molecule has 3 aromatic carbocycles. The van der Waals surface area contributed by atoms with Crippen LogP contribution >= 0.6 is 23.4 Å². The lowest BCUT2D eigenvalue weighted by Gasteiger charge is -2.17. The third-order valence-electron chi connectivity index (χ3n) is 5.11. The van der Waals surface area contributed by atoms with Crippen molar-refractivity contribution in [3.05, 3.63) is 111 Å². The van der Waals surface area contributed by atoms with Crippen LogP contribution in [0, 0.1) is 15.9 Å². The molecule has 1 amide bonds. The van der Waals surface area contributed by atoms with E-state index in [1.807, 2.05) is 0 Å². The number of hydrogen-bond acceptors (Lipinski definition) is 6. The number of halogens is 2. The Bertz CT molecular complexity index is 1360. The fourth-order valence-electron chi connectivity index (χ4n) is 3.33. The molecule has 1 aromatic heterocycles. The third-order valence-corrected chi connectivity index (χ3v) is 6.44. The molecule has 1 atom stereocenters. The molecule has 1 N–H and O–H groups in total. The van der Waals surface area contributed by atoms with Gasteiger partial charge in [0.15, 0.2) is 11.0 Å². The molecule has 4 aromatic rings. The lowest BCUT2D eigenvalue weighted by atomic mass is 10.2. The summed E-state index contributed by atoms with van der Waals surface area (Å²) in [5, 5.41) is 23.4. The average Bonchev–Trinajstić information content (AvgIpc) is 3.28. The van der Waals surface area contributed by atoms with E-state index in [4.69, 9.17) is 11.6 Å². The number of nitro benzene ring substituents is 1. The highest BCUT2D eigenvalue weighted by molar-refractivity contribution is 7.98. The summed E-state index contributed by atoms with van der Waals surface area (Å²) in [5.41, 5.74) is 1.75. The van der Waals surface area contributed by atoms with Gasteiger partial charge in [-0.1, -0.05) is 47.6 Å². The number of non-ortho nitro benzene ring substituents is 1. The van der Waals surface area contributed by atoms with Crippen LogP contribution in [0.3, 0.4) is 0 Å². The first-order valence-corrected chi connectivity index (χ1v) is 11.8. The Kier molecular flexibility index (Phi) is 7.42. The maximum Gasteiger partial charge on any atom is 0.269 e. The highest BCUT2D eigenvalue weighted by atomic mass is 35.5. The number of benzene rings is 3. The monoisotopic (exact) mass is 511 g/mol. The number of carbonyl (C=O) groups is 1. The molecular weight excluding hydrogens is 493 g/mol. The van der Waals surface area contributed by atoms with Gasteiger partial charge in [-0.15, -0.1) is 10.2 Å². The van der Waals surface area contributed by atoms with Crippen LogP contribution in [0.5, 0.6) is 0 Å². The molecule has 1 unspecified atom stereocenters. The smallest absolute Gasteiger partial charge is 0.269 e. The largest absolute Gasteiger partial charge is 0.342 e. The molecule has 1 heterocycles. The Balaban J connectivity index is 1.65. The lowest BCUT2D eigenvalue weighted by molar-refractivity contribution is -0.384. The molecule has 0 spiro atoms. The van der Waals surface area contributed by atoms with Crippen LogP contribution in [0.25, 0.3) is 5.69 Å². The van der Waals surface area contributed by atoms with Gasteiger partial charge >= 0.3 is 0 Å². The summed E-state index contributed by atoms with van der Waals surface area (Å²) in [7, 11) is 0. The van der Waals surface area contributed by atoms with Crippen molar-refractivity contribution < 1.29 is 14.1 Å². The molecule has 0 saturated heterocycles. The predicted octanol–water partition coefficient (Wildman–Crippen LogP) is 5.75. The number of nitrogens with one attached hydrogen (secondary N) is 1. The van der Waals surface area contributed by atoms with E-state index in [-0.39, 0.29) is 17.4 Å². The molecule has 0 aliphatic heterocycles. The van der Waals surface area contributed by atoms with E-state index in [0.29, 0.717) is 33.0 Å². The van der Waals surface area contributed by atoms with Gasteiger partial charge in [0.25, 0.3) is 11.6 Å². The number of aromatic nitrogens is 3. The average molecular weight is 512 g/mol. The Labute approximate surface area is 209 Å². The van der Waals surface area contributed by atoms with Crippen molar-refractivity contribution >= 4 is 35.0 Å². The highest BCUT2D eigenvalue weighted by Gasteiger charge is 2.23. The van der Waals surface area contributed by atoms with Gasteiger partial charge in [-0.25, -0.2) is 4.39 Å². The van der Waals surface area contributed by atoms with Crippen molar-refractivity contribution in [3.8, 4) is 5.69 Å². The van der Waals surface area contributed by atoms with Crippen molar-refractivity contribution in [2.75, 3.05) is 0 Å². The van der Waals surface area contributed by atoms with Crippen LogP contribution in [0.1, 0.15) is 34.7 Å². The summed E-state index contributed by atoms with van der Waals surface area (Å²) < 4.78 is 15.0. The van der Waals surface area contributed by atoms with E-state index >= 15 is 0 Å². The zero-order valence-corrected chi connectivity index (χ0v) is 20.0. The quantitative estimate of drug-likeness (QED) is 0.183. The SMILES string of the molecule is CC(NC(=O)c1ccccc1Cl)c1nnc(SCc2ccc(F)cc2)n1-c1ccc([N+](=O)[O-])cc1. The van der Waals surface area contributed by atoms with Gasteiger partial charge in [-0.05, 0) is 48.9 Å². The van der Waals surface area contributed by atoms with Crippen LogP contribution < -0.4 is 5.32 Å². The Morgan fingerprint density at radius 3 is 2.46 bits per heavy atom. The number of rotatable bonds is 8. The first-order valence-electron chi connectivity index (χ1n) is 10.5. The summed E-state index contributed by atoms with van der Waals surface area (Å²) in [4.78, 5) is 23.4. The van der Waals surface area contributed by atoms with Crippen LogP contribution in [0.2, 0.25) is 5.02 Å². The number of nitrogens with zero attached hydrogens (tertiary/aromatic N) is 4. The molecule has 0 fully saturated rings. The third kappa shape index (κ3) is 5.67. The molecule has 0 aliphatic rings. The second-order valence-electron chi connectivity index (χ2n) is 7.54. The number of carbonyl (C=O) groups excluding carboxylic acids is 1. The van der Waals surface area contributed by atoms with Crippen LogP contribution in [0.4, 0.5) is 10.1 Å². The summed E-state index contributed by atoms with van der Waals surface area (Å²) in [5.74, 6) is 0.229. The predicted molar refractivity (Wildman–Crippen MR) is 131 cm³/mol. The normalized spacial score (nSPS) is 11.7. The minimum absolute atomic E-state index is 0.0519. The standard InChI is InChI=1S/C24H19ClFN5O3S/c1-15(27-23(32)20-4-2-3-5-21(20)25)22-28-29-24(35-14-16-6-8-17(26)9-7-16)30(22)18-10-12-19(13-11-18)31(33)34/h2-13,15H,14H2,1H3,(H,27,32). The van der Waals surface area contributed by atoms with E-state index in [0.717, 1.165) is 5.56 Å². The van der Waals surface area contributed by atoms with Gasteiger partial charge in [0.05, 0.1) is 21.6 Å². The second-order valence-corrected chi connectivity index (χ2v) is 8.89. The number of thioether (sulfide) groups is 1. The van der Waals surface area contributed by atoms with Gasteiger partial charge in [-0.2, -0.15) is 0 Å². The Morgan fingerprint density at radius 2 is 1.80 bits per heavy atom. The van der Waals surface area contributed by atoms with Gasteiger partial charge in [0.2, 0.25) is 0 Å². The Hall–Kier alpha value is -3.76. The highest BCUT2D eigenvalue weighted by Crippen LogP contribution is 2.29. The van der Waals surface area contributed by atoms with Crippen LogP contribution in [0.15, 0.2) is 78.0 Å². The lowest BCUT2D eigenvalue weighted by Crippen LogP contribution is -2.28. The van der Waals surface area contributed by atoms with Crippen molar-refractivity contribution in [1.29, 1.82) is 0 Å². The summed E-state index contributed by atoms with van der Waals surface area (Å²) in [6.45, 7) is 1.76. The summed E-state index contributed by atoms with van der Waals surface area (Å²) in [6.07, 6.45) is 0. The minimum Gasteiger partial charge on any atom is -0.342 e. The summed E-state index contributed by atoms with van der Waals surface area (Å²) in [6, 6.07) is 18.2. The summed E-state index contributed by atoms with van der Waals surface area (Å²) >= 11 is 7.52. The molecule has 35 heavy (non-hydrogen) atoms. The van der Waals surface area contributed by atoms with Crippen LogP contribution in [-0.4, -0.2) is 25.6 Å². The van der Waals surface area contributed by atoms with E-state index in [1.54, 1.807) is 60.0 Å². The van der Waals surface area contributed by atoms with Crippen LogP contribution in [-0.2, 0) is 5.75 Å². The zero-order valence-electron chi connectivity index (χ0n) is 18.4. The van der Waals surface area contributed by atoms with Crippen molar-refractivity contribution in [2.24, 2.45) is 0 Å². The van der Waals surface area contributed by atoms with Gasteiger partial charge in [-0.3, -0.25) is 19.5 Å². The molecule has 11 heteroatoms. The maximum atomic E-state index is 13.2. The van der Waals surface area contributed by atoms with E-state index in [9.17, 15) is 19.3 Å². The maximum absolute atomic E-state index is 13.2. The number of amides is 1. The zero-order chi connectivity index (χ0) is 24.9. The Morgan fingerprint density at radius 1 is 1.11 bits per heavy atom. The van der Waals surface area contributed by atoms with Crippen molar-refractivity contribution in [2.45, 2.75) is 23.9 Å². The topological polar surface area (TPSA) is 103 Å². The molecular formula is C24H19ClFN5O3S. The molecule has 0 aliphatic carbocycles. The second kappa shape index (κ2) is 10.7. The van der Waals surface area contributed by atoms with Gasteiger partial charge in [0, 0.05) is 23.6 Å². The fraction of sp³-hybridized carbons (Fsp3) is 0.125. The van der Waals surface area contributed by atoms with E-state index < -0.39 is 11.0 Å². The molecule has 178 valence electrons. The molecule has 8 nitrogen and oxygen atoms in total. The number of hydrogen-bond donors (Lipinski definition) is 1. The van der Waals surface area contributed by atoms with E-state index in [1.165, 1.54) is 36.0 Å². The first kappa shape index (κ1) is 24.4. The minimum atomic E-state index is -0.568.